The first-order valence-electron chi connectivity index (χ1n) is 12.4. The largest absolute Gasteiger partial charge is 0.461 e. The minimum absolute atomic E-state index is 0.0997. The molecule has 7 heteroatoms. The summed E-state index contributed by atoms with van der Waals surface area (Å²) in [7, 11) is 0. The Morgan fingerprint density at radius 2 is 1.56 bits per heavy atom. The molecule has 3 aromatic carbocycles. The zero-order valence-electron chi connectivity index (χ0n) is 21.2. The van der Waals surface area contributed by atoms with Crippen molar-refractivity contribution in [1.82, 2.24) is 4.90 Å². The van der Waals surface area contributed by atoms with Gasteiger partial charge in [0.2, 0.25) is 0 Å². The Hall–Kier alpha value is -4.54. The number of esters is 2. The highest BCUT2D eigenvalue weighted by Gasteiger charge is 2.50. The fourth-order valence-corrected chi connectivity index (χ4v) is 5.64. The summed E-state index contributed by atoms with van der Waals surface area (Å²) >= 11 is 1.48. The molecule has 0 N–H and O–H groups in total. The lowest BCUT2D eigenvalue weighted by Gasteiger charge is -2.46. The van der Waals surface area contributed by atoms with Crippen LogP contribution in [0, 0.1) is 11.8 Å². The number of fused-ring (bicyclic) bond motifs is 1. The number of hydrogen-bond donors (Lipinski definition) is 0. The third-order valence-corrected chi connectivity index (χ3v) is 7.54. The fourth-order valence-electron chi connectivity index (χ4n) is 4.37. The van der Waals surface area contributed by atoms with Gasteiger partial charge in [0.15, 0.2) is 6.10 Å². The molecule has 194 valence electrons. The van der Waals surface area contributed by atoms with Crippen LogP contribution in [-0.2, 0) is 23.9 Å². The first-order valence-corrected chi connectivity index (χ1v) is 13.5. The van der Waals surface area contributed by atoms with Gasteiger partial charge in [-0.15, -0.1) is 11.8 Å². The van der Waals surface area contributed by atoms with E-state index < -0.39 is 18.0 Å². The van der Waals surface area contributed by atoms with Gasteiger partial charge < -0.3 is 9.47 Å². The zero-order valence-corrected chi connectivity index (χ0v) is 22.0. The molecular formula is C32H25NO5S. The molecule has 2 aliphatic heterocycles. The molecule has 2 aliphatic rings. The van der Waals surface area contributed by atoms with Crippen molar-refractivity contribution in [2.75, 3.05) is 12.4 Å². The van der Waals surface area contributed by atoms with Crippen LogP contribution < -0.4 is 0 Å². The van der Waals surface area contributed by atoms with E-state index in [2.05, 4.69) is 11.8 Å². The second kappa shape index (κ2) is 11.9. The highest BCUT2D eigenvalue weighted by Crippen LogP contribution is 2.44. The highest BCUT2D eigenvalue weighted by molar-refractivity contribution is 8.00. The molecular weight excluding hydrogens is 510 g/mol. The van der Waals surface area contributed by atoms with Crippen molar-refractivity contribution < 1.29 is 23.9 Å². The summed E-state index contributed by atoms with van der Waals surface area (Å²) in [4.78, 5) is 40.0. The quantitative estimate of drug-likeness (QED) is 0.191. The van der Waals surface area contributed by atoms with Gasteiger partial charge in [0.25, 0.3) is 5.91 Å². The number of thioether (sulfide) groups is 1. The summed E-state index contributed by atoms with van der Waals surface area (Å²) in [6, 6.07) is 28.4. The van der Waals surface area contributed by atoms with E-state index in [9.17, 15) is 14.4 Å². The van der Waals surface area contributed by atoms with Crippen molar-refractivity contribution in [3.63, 3.8) is 0 Å². The minimum atomic E-state index is -0.682. The molecule has 3 aromatic rings. The van der Waals surface area contributed by atoms with Gasteiger partial charge >= 0.3 is 11.9 Å². The maximum atomic E-state index is 13.8. The first-order chi connectivity index (χ1) is 19.0. The summed E-state index contributed by atoms with van der Waals surface area (Å²) in [5, 5.41) is -0.377. The Bertz CT molecular complexity index is 1460. The Balaban J connectivity index is 1.45. The Labute approximate surface area is 231 Å². The van der Waals surface area contributed by atoms with Crippen LogP contribution in [0.1, 0.15) is 29.7 Å². The van der Waals surface area contributed by atoms with Crippen LogP contribution >= 0.6 is 11.8 Å². The minimum Gasteiger partial charge on any atom is -0.461 e. The molecule has 2 heterocycles. The van der Waals surface area contributed by atoms with Crippen molar-refractivity contribution in [1.29, 1.82) is 0 Å². The van der Waals surface area contributed by atoms with Crippen LogP contribution in [0.15, 0.2) is 114 Å². The molecule has 1 amide bonds. The molecule has 0 aliphatic carbocycles. The van der Waals surface area contributed by atoms with E-state index in [0.29, 0.717) is 16.9 Å². The number of rotatable bonds is 6. The number of allylic oxidation sites excluding steroid dienone is 1. The normalized spacial score (nSPS) is 17.2. The van der Waals surface area contributed by atoms with E-state index in [1.165, 1.54) is 23.6 Å². The van der Waals surface area contributed by atoms with Crippen LogP contribution in [0.4, 0.5) is 0 Å². The number of benzene rings is 3. The number of ether oxygens (including phenoxy) is 2. The summed E-state index contributed by atoms with van der Waals surface area (Å²) in [5.41, 5.74) is 3.60. The maximum absolute atomic E-state index is 13.8. The smallest absolute Gasteiger partial charge is 0.356 e. The van der Waals surface area contributed by atoms with Crippen LogP contribution in [0.2, 0.25) is 0 Å². The lowest BCUT2D eigenvalue weighted by Crippen LogP contribution is -2.56. The van der Waals surface area contributed by atoms with E-state index in [1.807, 2.05) is 91.0 Å². The molecule has 5 rings (SSSR count). The third-order valence-electron chi connectivity index (χ3n) is 6.25. The van der Waals surface area contributed by atoms with Gasteiger partial charge in [-0.2, -0.15) is 0 Å². The predicted molar refractivity (Wildman–Crippen MR) is 149 cm³/mol. The van der Waals surface area contributed by atoms with Crippen molar-refractivity contribution in [3.8, 4) is 11.8 Å². The fraction of sp³-hybridized carbons (Fsp3) is 0.156. The highest BCUT2D eigenvalue weighted by atomic mass is 32.2. The molecule has 0 saturated carbocycles. The van der Waals surface area contributed by atoms with Crippen LogP contribution in [-0.4, -0.2) is 40.5 Å². The summed E-state index contributed by atoms with van der Waals surface area (Å²) in [6.07, 6.45) is 0.929. The Morgan fingerprint density at radius 3 is 2.15 bits per heavy atom. The maximum Gasteiger partial charge on any atom is 0.356 e. The average Bonchev–Trinajstić information content (AvgIpc) is 2.97. The van der Waals surface area contributed by atoms with Gasteiger partial charge in [0, 0.05) is 29.9 Å². The summed E-state index contributed by atoms with van der Waals surface area (Å²) < 4.78 is 11.3. The standard InChI is InChI=1S/C32H25NO5S/c1-22(34)37-20-26-21-39-31-27(19-11-14-23-12-5-2-6-13-23)30(35)33(31)28(26)32(36)38-29(24-15-7-3-8-16-24)25-17-9-4-10-18-25/h2-10,12-13,15-19,29,31H,20-21H2,1H3/b27-19+/t31-/m1/s1. The first kappa shape index (κ1) is 26.1. The van der Waals surface area contributed by atoms with E-state index in [1.54, 1.807) is 6.08 Å². The molecule has 1 atom stereocenters. The van der Waals surface area contributed by atoms with Gasteiger partial charge in [0.05, 0.1) is 5.57 Å². The number of carbonyl (C=O) groups excluding carboxylic acids is 3. The lowest BCUT2D eigenvalue weighted by molar-refractivity contribution is -0.149. The molecule has 0 bridgehead atoms. The third kappa shape index (κ3) is 5.82. The van der Waals surface area contributed by atoms with Gasteiger partial charge in [-0.3, -0.25) is 14.5 Å². The Morgan fingerprint density at radius 1 is 0.974 bits per heavy atom. The van der Waals surface area contributed by atoms with Gasteiger partial charge in [0.1, 0.15) is 17.7 Å². The topological polar surface area (TPSA) is 72.9 Å². The van der Waals surface area contributed by atoms with E-state index in [4.69, 9.17) is 9.47 Å². The summed E-state index contributed by atoms with van der Waals surface area (Å²) in [6.45, 7) is 1.21. The van der Waals surface area contributed by atoms with Crippen molar-refractivity contribution >= 4 is 29.6 Å². The predicted octanol–water partition coefficient (Wildman–Crippen LogP) is 5.03. The number of nitrogens with zero attached hydrogens (tertiary/aromatic N) is 1. The number of carbonyl (C=O) groups is 3. The molecule has 0 aromatic heterocycles. The second-order valence-electron chi connectivity index (χ2n) is 8.91. The lowest BCUT2D eigenvalue weighted by atomic mass is 10.00. The van der Waals surface area contributed by atoms with Crippen molar-refractivity contribution in [3.05, 3.63) is 131 Å². The van der Waals surface area contributed by atoms with Crippen LogP contribution in [0.3, 0.4) is 0 Å². The Kier molecular flexibility index (Phi) is 7.95. The molecule has 1 saturated heterocycles. The molecule has 1 fully saturated rings. The van der Waals surface area contributed by atoms with Gasteiger partial charge in [-0.1, -0.05) is 90.7 Å². The number of hydrogen-bond acceptors (Lipinski definition) is 6. The molecule has 0 spiro atoms. The van der Waals surface area contributed by atoms with Gasteiger partial charge in [-0.25, -0.2) is 4.79 Å². The van der Waals surface area contributed by atoms with E-state index >= 15 is 0 Å². The van der Waals surface area contributed by atoms with E-state index in [0.717, 1.165) is 16.7 Å². The molecule has 6 nitrogen and oxygen atoms in total. The van der Waals surface area contributed by atoms with E-state index in [-0.39, 0.29) is 23.6 Å². The number of β-lactam (4-membered cyclic amide) rings is 1. The molecule has 39 heavy (non-hydrogen) atoms. The van der Waals surface area contributed by atoms with Crippen LogP contribution in [0.25, 0.3) is 0 Å². The average molecular weight is 536 g/mol. The van der Waals surface area contributed by atoms with Crippen LogP contribution in [0.5, 0.6) is 0 Å². The van der Waals surface area contributed by atoms with Crippen molar-refractivity contribution in [2.24, 2.45) is 0 Å². The SMILES string of the molecule is CC(=O)OCC1=C(C(=O)OC(c2ccccc2)c2ccccc2)N2C(=O)/C(=C\C#Cc3ccccc3)[C@H]2SC1. The van der Waals surface area contributed by atoms with Crippen molar-refractivity contribution in [2.45, 2.75) is 18.4 Å². The zero-order chi connectivity index (χ0) is 27.2. The monoisotopic (exact) mass is 535 g/mol. The number of amides is 1. The molecule has 0 radical (unpaired) electrons. The van der Waals surface area contributed by atoms with Gasteiger partial charge in [-0.05, 0) is 23.3 Å². The second-order valence-corrected chi connectivity index (χ2v) is 9.98. The summed E-state index contributed by atoms with van der Waals surface area (Å²) in [5.74, 6) is 4.95. The molecule has 0 unspecified atom stereocenters.